The van der Waals surface area contributed by atoms with E-state index in [-0.39, 0.29) is 23.3 Å². The number of allylic oxidation sites excluding steroid dienone is 2. The third-order valence-electron chi connectivity index (χ3n) is 9.16. The summed E-state index contributed by atoms with van der Waals surface area (Å²) < 4.78 is 11.4. The lowest BCUT2D eigenvalue weighted by Gasteiger charge is -2.36. The van der Waals surface area contributed by atoms with Gasteiger partial charge < -0.3 is 9.47 Å². The van der Waals surface area contributed by atoms with Gasteiger partial charge in [0.2, 0.25) is 0 Å². The third-order valence-corrected chi connectivity index (χ3v) is 9.16. The summed E-state index contributed by atoms with van der Waals surface area (Å²) in [7, 11) is 0. The second-order valence-electron chi connectivity index (χ2n) is 12.5. The molecule has 0 aliphatic heterocycles. The zero-order valence-electron chi connectivity index (χ0n) is 19.6. The molecular formula is C27H40O4. The van der Waals surface area contributed by atoms with Crippen molar-refractivity contribution in [1.82, 2.24) is 0 Å². The Kier molecular flexibility index (Phi) is 5.71. The second kappa shape index (κ2) is 8.23. The number of fused-ring (bicyclic) bond motifs is 9. The van der Waals surface area contributed by atoms with E-state index in [1.165, 1.54) is 12.8 Å². The molecule has 4 fully saturated rings. The highest BCUT2D eigenvalue weighted by Gasteiger charge is 2.62. The Bertz CT molecular complexity index is 726. The molecule has 4 nitrogen and oxygen atoms in total. The molecule has 0 amide bonds. The van der Waals surface area contributed by atoms with Crippen LogP contribution in [0.2, 0.25) is 0 Å². The fraction of sp³-hybridized carbons (Fsp3) is 0.852. The molecule has 31 heavy (non-hydrogen) atoms. The van der Waals surface area contributed by atoms with Gasteiger partial charge in [-0.1, -0.05) is 32.9 Å². The molecule has 0 aromatic heterocycles. The van der Waals surface area contributed by atoms with Gasteiger partial charge >= 0.3 is 11.9 Å². The van der Waals surface area contributed by atoms with Crippen molar-refractivity contribution in [2.75, 3.05) is 13.2 Å². The van der Waals surface area contributed by atoms with E-state index in [0.717, 1.165) is 61.7 Å². The second-order valence-corrected chi connectivity index (χ2v) is 12.5. The van der Waals surface area contributed by atoms with Crippen LogP contribution in [0.4, 0.5) is 0 Å². The zero-order chi connectivity index (χ0) is 21.8. The maximum absolute atomic E-state index is 12.9. The maximum Gasteiger partial charge on any atom is 0.309 e. The number of carbonyl (C=O) groups excluding carboxylic acids is 2. The van der Waals surface area contributed by atoms with E-state index in [4.69, 9.17) is 9.47 Å². The lowest BCUT2D eigenvalue weighted by Crippen LogP contribution is -2.36. The number of ether oxygens (including phenoxy) is 2. The topological polar surface area (TPSA) is 52.6 Å². The average molecular weight is 429 g/mol. The maximum atomic E-state index is 12.9. The van der Waals surface area contributed by atoms with Gasteiger partial charge in [0.05, 0.1) is 25.6 Å². The molecule has 7 unspecified atom stereocenters. The molecule has 5 rings (SSSR count). The van der Waals surface area contributed by atoms with Crippen molar-refractivity contribution in [2.45, 2.75) is 72.1 Å². The van der Waals surface area contributed by atoms with Crippen molar-refractivity contribution in [3.05, 3.63) is 12.2 Å². The molecule has 0 spiro atoms. The van der Waals surface area contributed by atoms with Crippen LogP contribution in [0, 0.1) is 58.7 Å². The lowest BCUT2D eigenvalue weighted by molar-refractivity contribution is -0.154. The van der Waals surface area contributed by atoms with Crippen LogP contribution >= 0.6 is 0 Å². The van der Waals surface area contributed by atoms with Crippen molar-refractivity contribution in [1.29, 1.82) is 0 Å². The number of esters is 2. The van der Waals surface area contributed by atoms with Crippen LogP contribution in [0.15, 0.2) is 12.2 Å². The molecule has 0 N–H and O–H groups in total. The monoisotopic (exact) mass is 428 g/mol. The van der Waals surface area contributed by atoms with Crippen LogP contribution in [-0.2, 0) is 19.1 Å². The summed E-state index contributed by atoms with van der Waals surface area (Å²) in [4.78, 5) is 24.9. The predicted octanol–water partition coefficient (Wildman–Crippen LogP) is 5.41. The van der Waals surface area contributed by atoms with Crippen LogP contribution in [0.3, 0.4) is 0 Å². The average Bonchev–Trinajstić information content (AvgIpc) is 3.49. The lowest BCUT2D eigenvalue weighted by atomic mass is 9.69. The predicted molar refractivity (Wildman–Crippen MR) is 119 cm³/mol. The third kappa shape index (κ3) is 4.33. The Balaban J connectivity index is 1.02. The van der Waals surface area contributed by atoms with E-state index in [0.29, 0.717) is 37.4 Å². The first-order valence-electron chi connectivity index (χ1n) is 12.8. The molecule has 0 aromatic rings. The van der Waals surface area contributed by atoms with Gasteiger partial charge in [-0.05, 0) is 97.7 Å². The van der Waals surface area contributed by atoms with E-state index in [2.05, 4.69) is 32.9 Å². The van der Waals surface area contributed by atoms with Crippen molar-refractivity contribution in [2.24, 2.45) is 58.7 Å². The van der Waals surface area contributed by atoms with Crippen LogP contribution < -0.4 is 0 Å². The molecule has 4 saturated carbocycles. The molecule has 0 radical (unpaired) electrons. The Morgan fingerprint density at radius 3 is 2.10 bits per heavy atom. The van der Waals surface area contributed by atoms with Gasteiger partial charge in [-0.15, -0.1) is 0 Å². The highest BCUT2D eigenvalue weighted by molar-refractivity contribution is 5.73. The van der Waals surface area contributed by atoms with Crippen molar-refractivity contribution in [3.8, 4) is 0 Å². The van der Waals surface area contributed by atoms with E-state index in [1.54, 1.807) is 0 Å². The standard InChI is InChI=1S/C27H40O4/c1-27(2,3)13-23(28)30-14-16-4-6-17(7-5-16)15-31-26(29)22-12-20-11-21(22)25-19-9-8-18(10-19)24(20)25/h8-9,16-22,24-25H,4-7,10-15H2,1-3H3. The van der Waals surface area contributed by atoms with Crippen molar-refractivity contribution < 1.29 is 19.1 Å². The van der Waals surface area contributed by atoms with Gasteiger partial charge in [0.1, 0.15) is 0 Å². The number of hydrogen-bond donors (Lipinski definition) is 0. The summed E-state index contributed by atoms with van der Waals surface area (Å²) in [5, 5.41) is 0. The Hall–Kier alpha value is -1.32. The quantitative estimate of drug-likeness (QED) is 0.322. The highest BCUT2D eigenvalue weighted by atomic mass is 16.5. The van der Waals surface area contributed by atoms with Crippen LogP contribution in [0.5, 0.6) is 0 Å². The summed E-state index contributed by atoms with van der Waals surface area (Å²) in [5.74, 6) is 5.66. The summed E-state index contributed by atoms with van der Waals surface area (Å²) in [5.41, 5.74) is -0.0214. The number of carbonyl (C=O) groups is 2. The number of rotatable bonds is 6. The first kappa shape index (κ1) is 21.5. The Morgan fingerprint density at radius 1 is 0.839 bits per heavy atom. The zero-order valence-corrected chi connectivity index (χ0v) is 19.6. The smallest absolute Gasteiger partial charge is 0.309 e. The van der Waals surface area contributed by atoms with E-state index in [9.17, 15) is 9.59 Å². The molecular weight excluding hydrogens is 388 g/mol. The normalized spacial score (nSPS) is 42.6. The van der Waals surface area contributed by atoms with Gasteiger partial charge in [0.25, 0.3) is 0 Å². The summed E-state index contributed by atoms with van der Waals surface area (Å²) >= 11 is 0. The molecule has 5 aliphatic rings. The van der Waals surface area contributed by atoms with Crippen molar-refractivity contribution >= 4 is 11.9 Å². The molecule has 0 saturated heterocycles. The van der Waals surface area contributed by atoms with Gasteiger partial charge in [0.15, 0.2) is 0 Å². The fourth-order valence-corrected chi connectivity index (χ4v) is 7.85. The van der Waals surface area contributed by atoms with Gasteiger partial charge in [-0.25, -0.2) is 0 Å². The van der Waals surface area contributed by atoms with Crippen LogP contribution in [-0.4, -0.2) is 25.2 Å². The minimum absolute atomic E-state index is 0.0214. The largest absolute Gasteiger partial charge is 0.465 e. The molecule has 172 valence electrons. The first-order chi connectivity index (χ1) is 14.8. The Labute approximate surface area is 187 Å². The van der Waals surface area contributed by atoms with E-state index >= 15 is 0 Å². The SMILES string of the molecule is CC(C)(C)CC(=O)OCC1CCC(COC(=O)C2CC3CC2C2C4C=CC(C4)C32)CC1. The first-order valence-corrected chi connectivity index (χ1v) is 12.8. The molecule has 7 atom stereocenters. The fourth-order valence-electron chi connectivity index (χ4n) is 7.85. The van der Waals surface area contributed by atoms with Crippen LogP contribution in [0.25, 0.3) is 0 Å². The van der Waals surface area contributed by atoms with Crippen LogP contribution in [0.1, 0.15) is 72.1 Å². The van der Waals surface area contributed by atoms with Gasteiger partial charge in [-0.3, -0.25) is 9.59 Å². The molecule has 4 heteroatoms. The Morgan fingerprint density at radius 2 is 1.45 bits per heavy atom. The summed E-state index contributed by atoms with van der Waals surface area (Å²) in [6.45, 7) is 7.31. The summed E-state index contributed by atoms with van der Waals surface area (Å²) in [6, 6.07) is 0. The van der Waals surface area contributed by atoms with Crippen molar-refractivity contribution in [3.63, 3.8) is 0 Å². The minimum Gasteiger partial charge on any atom is -0.465 e. The molecule has 5 aliphatic carbocycles. The molecule has 4 bridgehead atoms. The summed E-state index contributed by atoms with van der Waals surface area (Å²) in [6.07, 6.45) is 13.3. The van der Waals surface area contributed by atoms with E-state index in [1.807, 2.05) is 0 Å². The highest BCUT2D eigenvalue weighted by Crippen LogP contribution is 2.67. The minimum atomic E-state index is -0.0809. The molecule has 0 heterocycles. The number of hydrogen-bond acceptors (Lipinski definition) is 4. The molecule has 0 aromatic carbocycles. The van der Waals surface area contributed by atoms with Gasteiger partial charge in [-0.2, -0.15) is 0 Å². The van der Waals surface area contributed by atoms with E-state index < -0.39 is 0 Å². The van der Waals surface area contributed by atoms with Gasteiger partial charge in [0, 0.05) is 0 Å².